The van der Waals surface area contributed by atoms with Crippen molar-refractivity contribution in [2.45, 2.75) is 58.1 Å². The molecular formula is C20H25N3O2. The number of benzene rings is 1. The average Bonchev–Trinajstić information content (AvgIpc) is 2.64. The van der Waals surface area contributed by atoms with Crippen molar-refractivity contribution in [2.75, 3.05) is 11.9 Å². The predicted molar refractivity (Wildman–Crippen MR) is 97.7 cm³/mol. The predicted octanol–water partition coefficient (Wildman–Crippen LogP) is 3.97. The van der Waals surface area contributed by atoms with Crippen molar-refractivity contribution in [1.82, 2.24) is 10.2 Å². The fourth-order valence-electron chi connectivity index (χ4n) is 3.89. The lowest BCUT2D eigenvalue weighted by Gasteiger charge is -2.27. The van der Waals surface area contributed by atoms with Crippen LogP contribution < -0.4 is 5.32 Å². The van der Waals surface area contributed by atoms with Crippen molar-refractivity contribution in [3.8, 4) is 17.0 Å². The molecule has 4 rings (SSSR count). The molecule has 0 saturated heterocycles. The van der Waals surface area contributed by atoms with E-state index < -0.39 is 0 Å². The number of rotatable bonds is 3. The summed E-state index contributed by atoms with van der Waals surface area (Å²) in [6.07, 6.45) is 7.07. The van der Waals surface area contributed by atoms with E-state index in [9.17, 15) is 5.11 Å². The number of nitrogens with one attached hydrogen (secondary N) is 1. The second-order valence-corrected chi connectivity index (χ2v) is 7.16. The Labute approximate surface area is 148 Å². The summed E-state index contributed by atoms with van der Waals surface area (Å²) in [6.45, 7) is 3.20. The van der Waals surface area contributed by atoms with Crippen LogP contribution in [0.3, 0.4) is 0 Å². The van der Waals surface area contributed by atoms with Crippen LogP contribution in [0.1, 0.15) is 48.8 Å². The fraction of sp³-hybridized carbons (Fsp3) is 0.500. The zero-order chi connectivity index (χ0) is 17.2. The number of aromatic nitrogens is 2. The quantitative estimate of drug-likeness (QED) is 0.885. The number of ether oxygens (including phenoxy) is 1. The number of fused-ring (bicyclic) bond motifs is 1. The van der Waals surface area contributed by atoms with Gasteiger partial charge in [-0.05, 0) is 49.4 Å². The van der Waals surface area contributed by atoms with Crippen LogP contribution in [0, 0.1) is 6.92 Å². The second kappa shape index (κ2) is 7.00. The van der Waals surface area contributed by atoms with Crippen LogP contribution >= 0.6 is 0 Å². The molecule has 0 spiro atoms. The third kappa shape index (κ3) is 3.33. The molecule has 1 saturated carbocycles. The highest BCUT2D eigenvalue weighted by Gasteiger charge is 2.24. The molecule has 1 aromatic carbocycles. The maximum atomic E-state index is 10.4. The summed E-state index contributed by atoms with van der Waals surface area (Å²) in [6, 6.07) is 6.18. The van der Waals surface area contributed by atoms with Crippen LogP contribution in [-0.4, -0.2) is 28.0 Å². The number of hydrogen-bond donors (Lipinski definition) is 2. The van der Waals surface area contributed by atoms with Crippen LogP contribution in [0.2, 0.25) is 0 Å². The normalized spacial score (nSPS) is 18.0. The minimum atomic E-state index is 0.260. The number of nitrogens with zero attached hydrogens (tertiary/aromatic N) is 2. The second-order valence-electron chi connectivity index (χ2n) is 7.16. The summed E-state index contributed by atoms with van der Waals surface area (Å²) in [5.74, 6) is 1.12. The molecule has 2 aliphatic rings. The molecule has 0 unspecified atom stereocenters. The Bertz CT molecular complexity index is 770. The zero-order valence-corrected chi connectivity index (χ0v) is 14.7. The van der Waals surface area contributed by atoms with Gasteiger partial charge in [0.05, 0.1) is 13.2 Å². The van der Waals surface area contributed by atoms with E-state index in [4.69, 9.17) is 4.74 Å². The first kappa shape index (κ1) is 16.3. The standard InChI is InChI=1S/C20H25N3O2/c1-13-7-8-16(18(24)11-13)19-15-9-10-25-12-17(15)20(23-22-19)21-14-5-3-2-4-6-14/h7-8,11,14,24H,2-6,9-10,12H2,1H3,(H,21,23). The van der Waals surface area contributed by atoms with Gasteiger partial charge in [-0.2, -0.15) is 0 Å². The van der Waals surface area contributed by atoms with Crippen molar-refractivity contribution in [1.29, 1.82) is 0 Å². The molecule has 5 heteroatoms. The van der Waals surface area contributed by atoms with E-state index in [1.165, 1.54) is 32.1 Å². The Morgan fingerprint density at radius 1 is 1.12 bits per heavy atom. The van der Waals surface area contributed by atoms with Gasteiger partial charge in [0.25, 0.3) is 0 Å². The molecule has 132 valence electrons. The number of aromatic hydroxyl groups is 1. The zero-order valence-electron chi connectivity index (χ0n) is 14.7. The van der Waals surface area contributed by atoms with E-state index in [2.05, 4.69) is 15.5 Å². The van der Waals surface area contributed by atoms with Gasteiger partial charge in [-0.1, -0.05) is 25.3 Å². The van der Waals surface area contributed by atoms with Crippen LogP contribution in [0.15, 0.2) is 18.2 Å². The molecule has 0 bridgehead atoms. The number of aryl methyl sites for hydroxylation is 1. The Morgan fingerprint density at radius 2 is 1.96 bits per heavy atom. The van der Waals surface area contributed by atoms with Gasteiger partial charge in [0, 0.05) is 17.2 Å². The molecule has 1 aliphatic carbocycles. The van der Waals surface area contributed by atoms with Crippen LogP contribution in [-0.2, 0) is 17.8 Å². The SMILES string of the molecule is Cc1ccc(-c2nnc(NC3CCCCC3)c3c2CCOC3)c(O)c1. The maximum Gasteiger partial charge on any atom is 0.154 e. The monoisotopic (exact) mass is 339 g/mol. The smallest absolute Gasteiger partial charge is 0.154 e. The summed E-state index contributed by atoms with van der Waals surface area (Å²) >= 11 is 0. The molecule has 2 N–H and O–H groups in total. The van der Waals surface area contributed by atoms with Crippen molar-refractivity contribution in [2.24, 2.45) is 0 Å². The Kier molecular flexibility index (Phi) is 4.57. The summed E-state index contributed by atoms with van der Waals surface area (Å²) < 4.78 is 5.70. The van der Waals surface area contributed by atoms with Gasteiger partial charge >= 0.3 is 0 Å². The van der Waals surface area contributed by atoms with E-state index in [0.717, 1.165) is 40.2 Å². The lowest BCUT2D eigenvalue weighted by molar-refractivity contribution is 0.111. The first-order valence-electron chi connectivity index (χ1n) is 9.25. The highest BCUT2D eigenvalue weighted by molar-refractivity contribution is 5.72. The molecule has 2 heterocycles. The first-order valence-corrected chi connectivity index (χ1v) is 9.25. The van der Waals surface area contributed by atoms with Crippen LogP contribution in [0.5, 0.6) is 5.75 Å². The van der Waals surface area contributed by atoms with Crippen LogP contribution in [0.25, 0.3) is 11.3 Å². The largest absolute Gasteiger partial charge is 0.507 e. The van der Waals surface area contributed by atoms with Crippen molar-refractivity contribution in [3.63, 3.8) is 0 Å². The molecule has 0 atom stereocenters. The van der Waals surface area contributed by atoms with Crippen molar-refractivity contribution < 1.29 is 9.84 Å². The molecule has 0 amide bonds. The molecular weight excluding hydrogens is 314 g/mol. The summed E-state index contributed by atoms with van der Waals surface area (Å²) in [5, 5.41) is 22.9. The Morgan fingerprint density at radius 3 is 2.76 bits per heavy atom. The van der Waals surface area contributed by atoms with E-state index in [1.54, 1.807) is 6.07 Å². The van der Waals surface area contributed by atoms with E-state index in [-0.39, 0.29) is 5.75 Å². The summed E-state index contributed by atoms with van der Waals surface area (Å²) in [4.78, 5) is 0. The van der Waals surface area contributed by atoms with Gasteiger partial charge in [-0.15, -0.1) is 10.2 Å². The Hall–Kier alpha value is -2.14. The lowest BCUT2D eigenvalue weighted by Crippen LogP contribution is -2.25. The van der Waals surface area contributed by atoms with E-state index >= 15 is 0 Å². The highest BCUT2D eigenvalue weighted by atomic mass is 16.5. The molecule has 25 heavy (non-hydrogen) atoms. The topological polar surface area (TPSA) is 67.3 Å². The minimum Gasteiger partial charge on any atom is -0.507 e. The summed E-state index contributed by atoms with van der Waals surface area (Å²) in [7, 11) is 0. The van der Waals surface area contributed by atoms with Crippen LogP contribution in [0.4, 0.5) is 5.82 Å². The number of hydrogen-bond acceptors (Lipinski definition) is 5. The van der Waals surface area contributed by atoms with Crippen molar-refractivity contribution in [3.05, 3.63) is 34.9 Å². The van der Waals surface area contributed by atoms with Gasteiger partial charge in [0.1, 0.15) is 11.4 Å². The molecule has 1 fully saturated rings. The van der Waals surface area contributed by atoms with Gasteiger partial charge in [0.15, 0.2) is 5.82 Å². The number of phenolic OH excluding ortho intramolecular Hbond substituents is 1. The third-order valence-corrected chi connectivity index (χ3v) is 5.28. The minimum absolute atomic E-state index is 0.260. The highest BCUT2D eigenvalue weighted by Crippen LogP contribution is 2.36. The first-order chi connectivity index (χ1) is 12.2. The third-order valence-electron chi connectivity index (χ3n) is 5.28. The Balaban J connectivity index is 1.72. The summed E-state index contributed by atoms with van der Waals surface area (Å²) in [5.41, 5.74) is 4.81. The fourth-order valence-corrected chi connectivity index (χ4v) is 3.89. The maximum absolute atomic E-state index is 10.4. The van der Waals surface area contributed by atoms with Gasteiger partial charge in [-0.3, -0.25) is 0 Å². The van der Waals surface area contributed by atoms with Gasteiger partial charge < -0.3 is 15.2 Å². The van der Waals surface area contributed by atoms with E-state index in [0.29, 0.717) is 19.3 Å². The lowest BCUT2D eigenvalue weighted by atomic mass is 9.94. The van der Waals surface area contributed by atoms with Gasteiger partial charge in [-0.25, -0.2) is 0 Å². The van der Waals surface area contributed by atoms with E-state index in [1.807, 2.05) is 19.1 Å². The average molecular weight is 339 g/mol. The molecule has 1 aromatic heterocycles. The molecule has 1 aliphatic heterocycles. The molecule has 2 aromatic rings. The molecule has 0 radical (unpaired) electrons. The number of phenols is 1. The number of anilines is 1. The van der Waals surface area contributed by atoms with Gasteiger partial charge in [0.2, 0.25) is 0 Å². The molecule has 5 nitrogen and oxygen atoms in total. The van der Waals surface area contributed by atoms with Crippen molar-refractivity contribution >= 4 is 5.82 Å².